The molecule has 0 spiro atoms. The van der Waals surface area contributed by atoms with E-state index in [1.807, 2.05) is 20.8 Å². The molecule has 1 amide bonds. The number of rotatable bonds is 5. The van der Waals surface area contributed by atoms with Crippen LogP contribution in [0.15, 0.2) is 0 Å². The third-order valence-electron chi connectivity index (χ3n) is 4.18. The van der Waals surface area contributed by atoms with Crippen molar-refractivity contribution in [2.24, 2.45) is 0 Å². The van der Waals surface area contributed by atoms with Crippen LogP contribution in [0.2, 0.25) is 0 Å². The van der Waals surface area contributed by atoms with Crippen molar-refractivity contribution < 1.29 is 9.90 Å². The van der Waals surface area contributed by atoms with Crippen molar-refractivity contribution >= 4 is 5.91 Å². The van der Waals surface area contributed by atoms with Gasteiger partial charge in [-0.1, -0.05) is 26.2 Å². The lowest BCUT2D eigenvalue weighted by Crippen LogP contribution is -2.54. The number of carbonyl (C=O) groups is 1. The van der Waals surface area contributed by atoms with Crippen LogP contribution in [-0.4, -0.2) is 34.7 Å². The highest BCUT2D eigenvalue weighted by Gasteiger charge is 2.27. The van der Waals surface area contributed by atoms with Crippen molar-refractivity contribution in [1.82, 2.24) is 10.6 Å². The minimum Gasteiger partial charge on any atom is -0.392 e. The van der Waals surface area contributed by atoms with Crippen LogP contribution < -0.4 is 10.6 Å². The number of carbonyl (C=O) groups excluding carboxylic acids is 1. The molecule has 19 heavy (non-hydrogen) atoms. The van der Waals surface area contributed by atoms with Crippen LogP contribution in [0.1, 0.15) is 66.2 Å². The zero-order valence-corrected chi connectivity index (χ0v) is 12.8. The van der Waals surface area contributed by atoms with Crippen molar-refractivity contribution in [2.45, 2.75) is 89.9 Å². The summed E-state index contributed by atoms with van der Waals surface area (Å²) in [6.45, 7) is 7.99. The molecule has 1 aliphatic rings. The van der Waals surface area contributed by atoms with E-state index in [0.717, 1.165) is 32.1 Å². The van der Waals surface area contributed by atoms with E-state index >= 15 is 0 Å². The summed E-state index contributed by atoms with van der Waals surface area (Å²) < 4.78 is 0. The summed E-state index contributed by atoms with van der Waals surface area (Å²) in [5.74, 6) is 0.0169. The molecule has 1 saturated carbocycles. The van der Waals surface area contributed by atoms with E-state index < -0.39 is 0 Å². The topological polar surface area (TPSA) is 61.4 Å². The minimum absolute atomic E-state index is 0.0169. The van der Waals surface area contributed by atoms with Gasteiger partial charge in [-0.2, -0.15) is 0 Å². The lowest BCUT2D eigenvalue weighted by molar-refractivity contribution is -0.124. The molecule has 3 N–H and O–H groups in total. The van der Waals surface area contributed by atoms with Crippen LogP contribution >= 0.6 is 0 Å². The average molecular weight is 270 g/mol. The molecule has 0 saturated heterocycles. The molecule has 1 fully saturated rings. The first-order valence-corrected chi connectivity index (χ1v) is 7.62. The molecule has 0 bridgehead atoms. The molecule has 0 heterocycles. The predicted octanol–water partition coefficient (Wildman–Crippen LogP) is 1.96. The highest BCUT2D eigenvalue weighted by atomic mass is 16.3. The summed E-state index contributed by atoms with van der Waals surface area (Å²) in [5.41, 5.74) is -0.172. The number of amides is 1. The van der Waals surface area contributed by atoms with E-state index in [2.05, 4.69) is 17.6 Å². The molecule has 1 aliphatic carbocycles. The van der Waals surface area contributed by atoms with Crippen LogP contribution in [0.4, 0.5) is 0 Å². The number of nitrogens with one attached hydrogen (secondary N) is 2. The molecular weight excluding hydrogens is 240 g/mol. The van der Waals surface area contributed by atoms with Crippen LogP contribution in [0, 0.1) is 0 Å². The molecule has 3 atom stereocenters. The Morgan fingerprint density at radius 2 is 1.95 bits per heavy atom. The quantitative estimate of drug-likeness (QED) is 0.669. The first-order chi connectivity index (χ1) is 8.85. The zero-order valence-electron chi connectivity index (χ0n) is 12.8. The van der Waals surface area contributed by atoms with Crippen LogP contribution in [0.3, 0.4) is 0 Å². The fourth-order valence-electron chi connectivity index (χ4n) is 2.41. The van der Waals surface area contributed by atoms with Gasteiger partial charge in [0.15, 0.2) is 0 Å². The third-order valence-corrected chi connectivity index (χ3v) is 4.18. The van der Waals surface area contributed by atoms with E-state index in [9.17, 15) is 9.90 Å². The summed E-state index contributed by atoms with van der Waals surface area (Å²) in [7, 11) is 0. The normalized spacial score (nSPS) is 26.6. The fourth-order valence-corrected chi connectivity index (χ4v) is 2.41. The number of hydrogen-bond acceptors (Lipinski definition) is 3. The first-order valence-electron chi connectivity index (χ1n) is 7.62. The van der Waals surface area contributed by atoms with Crippen molar-refractivity contribution in [2.75, 3.05) is 0 Å². The molecule has 0 aromatic carbocycles. The lowest BCUT2D eigenvalue weighted by atomic mass is 10.0. The molecule has 0 aliphatic heterocycles. The van der Waals surface area contributed by atoms with Gasteiger partial charge >= 0.3 is 0 Å². The van der Waals surface area contributed by atoms with Gasteiger partial charge < -0.3 is 15.7 Å². The van der Waals surface area contributed by atoms with Crippen molar-refractivity contribution in [3.63, 3.8) is 0 Å². The van der Waals surface area contributed by atoms with Gasteiger partial charge in [-0.3, -0.25) is 4.79 Å². The molecule has 1 rings (SSSR count). The summed E-state index contributed by atoms with van der Waals surface area (Å²) in [6.07, 6.45) is 5.77. The van der Waals surface area contributed by atoms with Gasteiger partial charge in [-0.25, -0.2) is 0 Å². The molecule has 0 aromatic rings. The Labute approximate surface area is 117 Å². The lowest BCUT2D eigenvalue weighted by Gasteiger charge is -2.29. The zero-order chi connectivity index (χ0) is 14.5. The molecule has 0 radical (unpaired) electrons. The predicted molar refractivity (Wildman–Crippen MR) is 78.0 cm³/mol. The summed E-state index contributed by atoms with van der Waals surface area (Å²) in [6, 6.07) is -0.212. The second kappa shape index (κ2) is 7.25. The Morgan fingerprint density at radius 1 is 1.32 bits per heavy atom. The molecule has 4 nitrogen and oxygen atoms in total. The van der Waals surface area contributed by atoms with Crippen LogP contribution in [0.5, 0.6) is 0 Å². The van der Waals surface area contributed by atoms with Gasteiger partial charge in [0, 0.05) is 11.6 Å². The smallest absolute Gasteiger partial charge is 0.237 e. The molecule has 3 unspecified atom stereocenters. The number of aliphatic hydroxyl groups is 1. The standard InChI is InChI=1S/C15H30N2O2/c1-5-15(3,4)17-14(19)11(2)16-12-9-7-6-8-10-13(12)18/h11-13,16,18H,5-10H2,1-4H3,(H,17,19). The molecule has 112 valence electrons. The highest BCUT2D eigenvalue weighted by Crippen LogP contribution is 2.18. The molecule has 0 aromatic heterocycles. The molecular formula is C15H30N2O2. The van der Waals surface area contributed by atoms with E-state index in [-0.39, 0.29) is 29.6 Å². The maximum atomic E-state index is 12.1. The van der Waals surface area contributed by atoms with Gasteiger partial charge in [-0.05, 0) is 40.0 Å². The van der Waals surface area contributed by atoms with E-state index in [1.54, 1.807) is 0 Å². The first kappa shape index (κ1) is 16.4. The van der Waals surface area contributed by atoms with Gasteiger partial charge in [0.25, 0.3) is 0 Å². The Balaban J connectivity index is 2.48. The maximum Gasteiger partial charge on any atom is 0.237 e. The monoisotopic (exact) mass is 270 g/mol. The summed E-state index contributed by atoms with van der Waals surface area (Å²) in [4.78, 5) is 12.1. The second-order valence-corrected chi connectivity index (χ2v) is 6.43. The van der Waals surface area contributed by atoms with E-state index in [0.29, 0.717) is 0 Å². The van der Waals surface area contributed by atoms with Crippen LogP contribution in [0.25, 0.3) is 0 Å². The minimum atomic E-state index is -0.322. The van der Waals surface area contributed by atoms with Gasteiger partial charge in [0.2, 0.25) is 5.91 Å². The Morgan fingerprint density at radius 3 is 2.58 bits per heavy atom. The van der Waals surface area contributed by atoms with E-state index in [1.165, 1.54) is 6.42 Å². The SMILES string of the molecule is CCC(C)(C)NC(=O)C(C)NC1CCCCCC1O. The summed E-state index contributed by atoms with van der Waals surface area (Å²) >= 11 is 0. The largest absolute Gasteiger partial charge is 0.392 e. The van der Waals surface area contributed by atoms with Crippen molar-refractivity contribution in [3.8, 4) is 0 Å². The van der Waals surface area contributed by atoms with Crippen molar-refractivity contribution in [1.29, 1.82) is 0 Å². The summed E-state index contributed by atoms with van der Waals surface area (Å²) in [5, 5.41) is 16.4. The van der Waals surface area contributed by atoms with E-state index in [4.69, 9.17) is 0 Å². The highest BCUT2D eigenvalue weighted by molar-refractivity contribution is 5.82. The number of aliphatic hydroxyl groups excluding tert-OH is 1. The third kappa shape index (κ3) is 5.49. The Kier molecular flexibility index (Phi) is 6.27. The second-order valence-electron chi connectivity index (χ2n) is 6.43. The molecule has 4 heteroatoms. The Bertz CT molecular complexity index is 292. The average Bonchev–Trinajstić information content (AvgIpc) is 2.54. The van der Waals surface area contributed by atoms with Crippen LogP contribution in [-0.2, 0) is 4.79 Å². The Hall–Kier alpha value is -0.610. The maximum absolute atomic E-state index is 12.1. The van der Waals surface area contributed by atoms with Gasteiger partial charge in [0.1, 0.15) is 0 Å². The fraction of sp³-hybridized carbons (Fsp3) is 0.933. The van der Waals surface area contributed by atoms with Gasteiger partial charge in [-0.15, -0.1) is 0 Å². The van der Waals surface area contributed by atoms with Crippen molar-refractivity contribution in [3.05, 3.63) is 0 Å². The number of hydrogen-bond donors (Lipinski definition) is 3. The van der Waals surface area contributed by atoms with Gasteiger partial charge in [0.05, 0.1) is 12.1 Å².